The van der Waals surface area contributed by atoms with Gasteiger partial charge in [0.05, 0.1) is 23.7 Å². The number of terminal acetylenes is 1. The third kappa shape index (κ3) is 3.12. The molecule has 0 radical (unpaired) electrons. The lowest BCUT2D eigenvalue weighted by Gasteiger charge is -2.09. The number of ether oxygens (including phenoxy) is 1. The second-order valence-corrected chi connectivity index (χ2v) is 5.03. The molecular weight excluding hydrogens is 250 g/mol. The molecule has 0 fully saturated rings. The van der Waals surface area contributed by atoms with Gasteiger partial charge in [-0.25, -0.2) is 4.98 Å². The lowest BCUT2D eigenvalue weighted by Crippen LogP contribution is -2.06. The highest BCUT2D eigenvalue weighted by Gasteiger charge is 2.11. The number of imidazole rings is 1. The monoisotopic (exact) mass is 271 g/mol. The molecule has 0 aliphatic rings. The predicted octanol–water partition coefficient (Wildman–Crippen LogP) is 2.35. The summed E-state index contributed by atoms with van der Waals surface area (Å²) in [6.07, 6.45) is 7.35. The van der Waals surface area contributed by atoms with Crippen LogP contribution in [-0.4, -0.2) is 22.2 Å². The van der Waals surface area contributed by atoms with Crippen molar-refractivity contribution in [3.63, 3.8) is 0 Å². The van der Waals surface area contributed by atoms with Crippen LogP contribution in [0.2, 0.25) is 0 Å². The van der Waals surface area contributed by atoms with E-state index in [1.54, 1.807) is 0 Å². The average Bonchev–Trinajstić information content (AvgIpc) is 2.73. The summed E-state index contributed by atoms with van der Waals surface area (Å²) in [4.78, 5) is 4.67. The van der Waals surface area contributed by atoms with E-state index >= 15 is 0 Å². The summed E-state index contributed by atoms with van der Waals surface area (Å²) in [6, 6.07) is 5.95. The van der Waals surface area contributed by atoms with Crippen LogP contribution >= 0.6 is 0 Å². The highest BCUT2D eigenvalue weighted by Crippen LogP contribution is 2.23. The van der Waals surface area contributed by atoms with E-state index in [2.05, 4.69) is 15.5 Å². The molecule has 2 aromatic rings. The van der Waals surface area contributed by atoms with Gasteiger partial charge in [-0.1, -0.05) is 5.92 Å². The zero-order valence-electron chi connectivity index (χ0n) is 12.1. The summed E-state index contributed by atoms with van der Waals surface area (Å²) in [6.45, 7) is 5.20. The Bertz CT molecular complexity index is 622. The van der Waals surface area contributed by atoms with Crippen molar-refractivity contribution in [2.24, 2.45) is 5.73 Å². The van der Waals surface area contributed by atoms with Crippen molar-refractivity contribution in [3.05, 3.63) is 24.0 Å². The zero-order valence-corrected chi connectivity index (χ0v) is 12.1. The minimum absolute atomic E-state index is 0.150. The topological polar surface area (TPSA) is 53.1 Å². The van der Waals surface area contributed by atoms with E-state index in [-0.39, 0.29) is 6.10 Å². The molecular formula is C16H21N3O. The summed E-state index contributed by atoms with van der Waals surface area (Å²) in [5.74, 6) is 4.51. The van der Waals surface area contributed by atoms with Crippen LogP contribution in [0.3, 0.4) is 0 Å². The maximum atomic E-state index is 5.70. The van der Waals surface area contributed by atoms with Crippen LogP contribution in [0.25, 0.3) is 11.0 Å². The van der Waals surface area contributed by atoms with E-state index in [9.17, 15) is 0 Å². The Balaban J connectivity index is 2.41. The minimum Gasteiger partial charge on any atom is -0.491 e. The maximum Gasteiger partial charge on any atom is 0.121 e. The van der Waals surface area contributed by atoms with Crippen LogP contribution in [0.5, 0.6) is 5.75 Å². The smallest absolute Gasteiger partial charge is 0.121 e. The van der Waals surface area contributed by atoms with Gasteiger partial charge >= 0.3 is 0 Å². The molecule has 0 saturated carbocycles. The fourth-order valence-corrected chi connectivity index (χ4v) is 2.22. The molecule has 0 spiro atoms. The Hall–Kier alpha value is -1.99. The Morgan fingerprint density at radius 2 is 2.25 bits per heavy atom. The van der Waals surface area contributed by atoms with Gasteiger partial charge in [0.25, 0.3) is 0 Å². The molecule has 0 amide bonds. The number of aryl methyl sites for hydroxylation is 1. The summed E-state index contributed by atoms with van der Waals surface area (Å²) in [5, 5.41) is 0. The van der Waals surface area contributed by atoms with Crippen LogP contribution in [-0.2, 0) is 13.0 Å². The molecule has 1 aromatic carbocycles. The highest BCUT2D eigenvalue weighted by molar-refractivity contribution is 5.78. The quantitative estimate of drug-likeness (QED) is 0.821. The molecule has 0 aliphatic carbocycles. The Labute approximate surface area is 119 Å². The van der Waals surface area contributed by atoms with Crippen LogP contribution in [0.15, 0.2) is 18.2 Å². The van der Waals surface area contributed by atoms with Gasteiger partial charge < -0.3 is 15.0 Å². The molecule has 4 heteroatoms. The van der Waals surface area contributed by atoms with E-state index < -0.39 is 0 Å². The van der Waals surface area contributed by atoms with E-state index in [4.69, 9.17) is 16.9 Å². The minimum atomic E-state index is 0.150. The third-order valence-corrected chi connectivity index (χ3v) is 3.02. The van der Waals surface area contributed by atoms with E-state index in [1.807, 2.05) is 32.0 Å². The van der Waals surface area contributed by atoms with Crippen molar-refractivity contribution in [2.45, 2.75) is 39.3 Å². The maximum absolute atomic E-state index is 5.70. The zero-order chi connectivity index (χ0) is 14.5. The van der Waals surface area contributed by atoms with Crippen molar-refractivity contribution in [3.8, 4) is 18.1 Å². The normalized spacial score (nSPS) is 10.9. The lowest BCUT2D eigenvalue weighted by molar-refractivity contribution is 0.242. The molecule has 1 aromatic heterocycles. The van der Waals surface area contributed by atoms with Gasteiger partial charge in [-0.2, -0.15) is 0 Å². The standard InChI is InChI=1S/C16H21N3O/c1-4-10-19-15-8-7-13(20-12(2)3)11-14(15)18-16(19)6-5-9-17/h1,7-8,11-12H,5-6,9-10,17H2,2-3H3. The Morgan fingerprint density at radius 3 is 2.90 bits per heavy atom. The first kappa shape index (κ1) is 14.4. The summed E-state index contributed by atoms with van der Waals surface area (Å²) in [5.41, 5.74) is 7.55. The van der Waals surface area contributed by atoms with Gasteiger partial charge in [-0.15, -0.1) is 6.42 Å². The molecule has 2 N–H and O–H groups in total. The van der Waals surface area contributed by atoms with Crippen molar-refractivity contribution < 1.29 is 4.74 Å². The van der Waals surface area contributed by atoms with E-state index in [0.29, 0.717) is 13.1 Å². The number of aromatic nitrogens is 2. The fourth-order valence-electron chi connectivity index (χ4n) is 2.22. The van der Waals surface area contributed by atoms with Crippen molar-refractivity contribution in [2.75, 3.05) is 6.54 Å². The first-order chi connectivity index (χ1) is 9.65. The Morgan fingerprint density at radius 1 is 1.45 bits per heavy atom. The van der Waals surface area contributed by atoms with Crippen molar-refractivity contribution in [1.29, 1.82) is 0 Å². The van der Waals surface area contributed by atoms with E-state index in [0.717, 1.165) is 35.4 Å². The number of nitrogens with zero attached hydrogens (tertiary/aromatic N) is 2. The van der Waals surface area contributed by atoms with Gasteiger partial charge in [0.15, 0.2) is 0 Å². The van der Waals surface area contributed by atoms with Crippen LogP contribution in [0, 0.1) is 12.3 Å². The number of fused-ring (bicyclic) bond motifs is 1. The number of hydrogen-bond donors (Lipinski definition) is 1. The molecule has 0 unspecified atom stereocenters. The molecule has 106 valence electrons. The third-order valence-electron chi connectivity index (χ3n) is 3.02. The molecule has 0 atom stereocenters. The molecule has 2 rings (SSSR count). The van der Waals surface area contributed by atoms with Gasteiger partial charge in [0, 0.05) is 12.5 Å². The number of rotatable bonds is 6. The van der Waals surface area contributed by atoms with Crippen LogP contribution in [0.1, 0.15) is 26.1 Å². The first-order valence-corrected chi connectivity index (χ1v) is 6.95. The van der Waals surface area contributed by atoms with Crippen molar-refractivity contribution in [1.82, 2.24) is 9.55 Å². The second-order valence-electron chi connectivity index (χ2n) is 5.03. The predicted molar refractivity (Wildman–Crippen MR) is 81.7 cm³/mol. The second kappa shape index (κ2) is 6.44. The van der Waals surface area contributed by atoms with Gasteiger partial charge in [0.2, 0.25) is 0 Å². The summed E-state index contributed by atoms with van der Waals surface area (Å²) >= 11 is 0. The Kier molecular flexibility index (Phi) is 4.65. The summed E-state index contributed by atoms with van der Waals surface area (Å²) in [7, 11) is 0. The summed E-state index contributed by atoms with van der Waals surface area (Å²) < 4.78 is 7.78. The molecule has 0 bridgehead atoms. The number of benzene rings is 1. The largest absolute Gasteiger partial charge is 0.491 e. The SMILES string of the molecule is C#CCn1c(CCCN)nc2cc(OC(C)C)ccc21. The number of hydrogen-bond acceptors (Lipinski definition) is 3. The average molecular weight is 271 g/mol. The van der Waals surface area contributed by atoms with Gasteiger partial charge in [-0.3, -0.25) is 0 Å². The van der Waals surface area contributed by atoms with Gasteiger partial charge in [0.1, 0.15) is 11.6 Å². The van der Waals surface area contributed by atoms with Crippen LogP contribution < -0.4 is 10.5 Å². The van der Waals surface area contributed by atoms with Crippen LogP contribution in [0.4, 0.5) is 0 Å². The molecule has 0 aliphatic heterocycles. The molecule has 20 heavy (non-hydrogen) atoms. The molecule has 0 saturated heterocycles. The molecule has 1 heterocycles. The lowest BCUT2D eigenvalue weighted by atomic mass is 10.3. The number of nitrogens with two attached hydrogens (primary N) is 1. The van der Waals surface area contributed by atoms with Gasteiger partial charge in [-0.05, 0) is 38.9 Å². The van der Waals surface area contributed by atoms with Crippen molar-refractivity contribution >= 4 is 11.0 Å². The first-order valence-electron chi connectivity index (χ1n) is 6.95. The fraction of sp³-hybridized carbons (Fsp3) is 0.438. The molecule has 4 nitrogen and oxygen atoms in total. The van der Waals surface area contributed by atoms with E-state index in [1.165, 1.54) is 0 Å². The highest BCUT2D eigenvalue weighted by atomic mass is 16.5.